The van der Waals surface area contributed by atoms with E-state index >= 15 is 0 Å². The van der Waals surface area contributed by atoms with Gasteiger partial charge in [-0.15, -0.1) is 0 Å². The van der Waals surface area contributed by atoms with Crippen molar-refractivity contribution in [1.29, 1.82) is 0 Å². The van der Waals surface area contributed by atoms with Crippen molar-refractivity contribution in [2.24, 2.45) is 5.41 Å². The summed E-state index contributed by atoms with van der Waals surface area (Å²) in [4.78, 5) is 0. The summed E-state index contributed by atoms with van der Waals surface area (Å²) < 4.78 is 22.3. The SMILES string of the molecule is CC1(C)CCC(S(C)(=O)=O)C1O. The third-order valence-corrected chi connectivity index (χ3v) is 4.37. The molecule has 0 aromatic rings. The van der Waals surface area contributed by atoms with Crippen LogP contribution in [0.4, 0.5) is 0 Å². The van der Waals surface area contributed by atoms with Gasteiger partial charge in [-0.25, -0.2) is 8.42 Å². The van der Waals surface area contributed by atoms with E-state index in [1.54, 1.807) is 0 Å². The fourth-order valence-electron chi connectivity index (χ4n) is 1.77. The van der Waals surface area contributed by atoms with Crippen molar-refractivity contribution in [2.45, 2.75) is 38.0 Å². The van der Waals surface area contributed by atoms with Gasteiger partial charge in [0.25, 0.3) is 0 Å². The molecular formula is C8H16O3S. The van der Waals surface area contributed by atoms with Gasteiger partial charge in [-0.05, 0) is 18.3 Å². The Morgan fingerprint density at radius 2 is 1.92 bits per heavy atom. The van der Waals surface area contributed by atoms with Crippen LogP contribution < -0.4 is 0 Å². The standard InChI is InChI=1S/C8H16O3S/c1-8(2)5-4-6(7(8)9)12(3,10)11/h6-7,9H,4-5H2,1-3H3. The number of hydrogen-bond acceptors (Lipinski definition) is 3. The lowest BCUT2D eigenvalue weighted by Gasteiger charge is -2.24. The molecule has 0 saturated heterocycles. The Labute approximate surface area is 73.7 Å². The van der Waals surface area contributed by atoms with Crippen molar-refractivity contribution >= 4 is 9.84 Å². The van der Waals surface area contributed by atoms with Gasteiger partial charge >= 0.3 is 0 Å². The lowest BCUT2D eigenvalue weighted by molar-refractivity contribution is 0.0817. The van der Waals surface area contributed by atoms with Crippen molar-refractivity contribution < 1.29 is 13.5 Å². The fourth-order valence-corrected chi connectivity index (χ4v) is 3.15. The summed E-state index contributed by atoms with van der Waals surface area (Å²) in [6.07, 6.45) is 1.87. The summed E-state index contributed by atoms with van der Waals surface area (Å²) in [6, 6.07) is 0. The van der Waals surface area contributed by atoms with Crippen molar-refractivity contribution in [3.05, 3.63) is 0 Å². The molecule has 0 amide bonds. The highest BCUT2D eigenvalue weighted by Crippen LogP contribution is 2.40. The van der Waals surface area contributed by atoms with Gasteiger partial charge in [-0.3, -0.25) is 0 Å². The maximum Gasteiger partial charge on any atom is 0.152 e. The summed E-state index contributed by atoms with van der Waals surface area (Å²) in [7, 11) is -3.07. The molecule has 1 rings (SSSR count). The third kappa shape index (κ3) is 1.64. The quantitative estimate of drug-likeness (QED) is 0.661. The minimum atomic E-state index is -3.07. The minimum Gasteiger partial charge on any atom is -0.391 e. The maximum absolute atomic E-state index is 11.2. The largest absolute Gasteiger partial charge is 0.391 e. The molecule has 1 fully saturated rings. The van der Waals surface area contributed by atoms with E-state index in [-0.39, 0.29) is 5.41 Å². The molecule has 1 N–H and O–H groups in total. The van der Waals surface area contributed by atoms with E-state index < -0.39 is 21.2 Å². The number of aliphatic hydroxyl groups is 1. The van der Waals surface area contributed by atoms with Crippen LogP contribution in [-0.4, -0.2) is 31.1 Å². The normalized spacial score (nSPS) is 35.3. The lowest BCUT2D eigenvalue weighted by atomic mass is 9.89. The molecule has 1 saturated carbocycles. The van der Waals surface area contributed by atoms with E-state index in [9.17, 15) is 13.5 Å². The molecule has 2 atom stereocenters. The summed E-state index contributed by atoms with van der Waals surface area (Å²) in [5.41, 5.74) is -0.242. The molecule has 0 bridgehead atoms. The van der Waals surface area contributed by atoms with Gasteiger partial charge in [0.05, 0.1) is 11.4 Å². The molecule has 12 heavy (non-hydrogen) atoms. The summed E-state index contributed by atoms with van der Waals surface area (Å²) in [6.45, 7) is 3.81. The van der Waals surface area contributed by atoms with Gasteiger partial charge in [0.1, 0.15) is 0 Å². The van der Waals surface area contributed by atoms with Crippen LogP contribution in [0, 0.1) is 5.41 Å². The number of sulfone groups is 1. The van der Waals surface area contributed by atoms with E-state index in [0.717, 1.165) is 6.42 Å². The maximum atomic E-state index is 11.2. The van der Waals surface area contributed by atoms with Gasteiger partial charge in [0, 0.05) is 6.26 Å². The Morgan fingerprint density at radius 3 is 2.08 bits per heavy atom. The Hall–Kier alpha value is -0.0900. The highest BCUT2D eigenvalue weighted by molar-refractivity contribution is 7.91. The van der Waals surface area contributed by atoms with Crippen molar-refractivity contribution in [3.63, 3.8) is 0 Å². The monoisotopic (exact) mass is 192 g/mol. The van der Waals surface area contributed by atoms with Crippen LogP contribution in [0.25, 0.3) is 0 Å². The number of hydrogen-bond donors (Lipinski definition) is 1. The molecule has 0 spiro atoms. The first kappa shape index (κ1) is 9.99. The average Bonchev–Trinajstić information content (AvgIpc) is 2.06. The van der Waals surface area contributed by atoms with Crippen LogP contribution in [0.2, 0.25) is 0 Å². The first-order chi connectivity index (χ1) is 5.25. The van der Waals surface area contributed by atoms with Crippen molar-refractivity contribution in [2.75, 3.05) is 6.26 Å². The zero-order valence-electron chi connectivity index (χ0n) is 7.74. The molecule has 1 aliphatic carbocycles. The zero-order valence-corrected chi connectivity index (χ0v) is 8.56. The van der Waals surface area contributed by atoms with E-state index in [4.69, 9.17) is 0 Å². The van der Waals surface area contributed by atoms with Crippen molar-refractivity contribution in [1.82, 2.24) is 0 Å². The molecule has 0 aromatic carbocycles. The molecule has 1 aliphatic rings. The molecule has 72 valence electrons. The van der Waals surface area contributed by atoms with Crippen LogP contribution in [0.15, 0.2) is 0 Å². The van der Waals surface area contributed by atoms with Crippen LogP contribution >= 0.6 is 0 Å². The fraction of sp³-hybridized carbons (Fsp3) is 1.00. The molecular weight excluding hydrogens is 176 g/mol. The number of aliphatic hydroxyl groups excluding tert-OH is 1. The van der Waals surface area contributed by atoms with Crippen molar-refractivity contribution in [3.8, 4) is 0 Å². The van der Waals surface area contributed by atoms with E-state index in [1.807, 2.05) is 13.8 Å². The predicted molar refractivity (Wildman–Crippen MR) is 47.7 cm³/mol. The first-order valence-electron chi connectivity index (χ1n) is 4.12. The third-order valence-electron chi connectivity index (χ3n) is 2.78. The van der Waals surface area contributed by atoms with Crippen LogP contribution in [0.5, 0.6) is 0 Å². The topological polar surface area (TPSA) is 54.4 Å². The second-order valence-corrected chi connectivity index (χ2v) is 6.60. The van der Waals surface area contributed by atoms with Gasteiger partial charge in [-0.2, -0.15) is 0 Å². The number of rotatable bonds is 1. The Morgan fingerprint density at radius 1 is 1.42 bits per heavy atom. The Bertz CT molecular complexity index is 266. The van der Waals surface area contributed by atoms with Gasteiger partial charge in [0.15, 0.2) is 9.84 Å². The van der Waals surface area contributed by atoms with Crippen LogP contribution in [-0.2, 0) is 9.84 Å². The van der Waals surface area contributed by atoms with E-state index in [1.165, 1.54) is 6.26 Å². The predicted octanol–water partition coefficient (Wildman–Crippen LogP) is 0.581. The highest BCUT2D eigenvalue weighted by atomic mass is 32.2. The second kappa shape index (κ2) is 2.70. The van der Waals surface area contributed by atoms with E-state index in [0.29, 0.717) is 6.42 Å². The molecule has 4 heteroatoms. The Balaban J connectivity index is 2.89. The van der Waals surface area contributed by atoms with E-state index in [2.05, 4.69) is 0 Å². The average molecular weight is 192 g/mol. The van der Waals surface area contributed by atoms with Gasteiger partial charge < -0.3 is 5.11 Å². The smallest absolute Gasteiger partial charge is 0.152 e. The second-order valence-electron chi connectivity index (χ2n) is 4.34. The summed E-state index contributed by atoms with van der Waals surface area (Å²) >= 11 is 0. The van der Waals surface area contributed by atoms with Gasteiger partial charge in [-0.1, -0.05) is 13.8 Å². The summed E-state index contributed by atoms with van der Waals surface area (Å²) in [5, 5.41) is 9.12. The molecule has 2 unspecified atom stereocenters. The van der Waals surface area contributed by atoms with Gasteiger partial charge in [0.2, 0.25) is 0 Å². The lowest BCUT2D eigenvalue weighted by Crippen LogP contribution is -2.35. The molecule has 0 aliphatic heterocycles. The molecule has 0 radical (unpaired) electrons. The molecule has 0 heterocycles. The molecule has 3 nitrogen and oxygen atoms in total. The zero-order chi connectivity index (χ0) is 9.57. The van der Waals surface area contributed by atoms with Crippen LogP contribution in [0.1, 0.15) is 26.7 Å². The minimum absolute atomic E-state index is 0.242. The summed E-state index contributed by atoms with van der Waals surface area (Å²) in [5.74, 6) is 0. The first-order valence-corrected chi connectivity index (χ1v) is 6.07. The Kier molecular flexibility index (Phi) is 2.25. The van der Waals surface area contributed by atoms with Crippen LogP contribution in [0.3, 0.4) is 0 Å². The molecule has 0 aromatic heterocycles. The highest BCUT2D eigenvalue weighted by Gasteiger charge is 2.45.